The Morgan fingerprint density at radius 1 is 1.17 bits per heavy atom. The van der Waals surface area contributed by atoms with Gasteiger partial charge in [0.25, 0.3) is 0 Å². The van der Waals surface area contributed by atoms with Gasteiger partial charge in [-0.3, -0.25) is 4.79 Å². The summed E-state index contributed by atoms with van der Waals surface area (Å²) in [6, 6.07) is 0. The van der Waals surface area contributed by atoms with E-state index < -0.39 is 8.32 Å². The van der Waals surface area contributed by atoms with Gasteiger partial charge < -0.3 is 13.9 Å². The van der Waals surface area contributed by atoms with E-state index in [0.29, 0.717) is 44.4 Å². The molecular weight excluding hydrogens is 320 g/mol. The third-order valence-corrected chi connectivity index (χ3v) is 9.74. The van der Waals surface area contributed by atoms with E-state index in [1.807, 2.05) is 0 Å². The van der Waals surface area contributed by atoms with Crippen molar-refractivity contribution in [3.05, 3.63) is 0 Å². The molecule has 1 saturated heterocycles. The fourth-order valence-electron chi connectivity index (χ4n) is 2.68. The maximum Gasteiger partial charge on any atom is 0.192 e. The lowest BCUT2D eigenvalue weighted by atomic mass is 10.0. The van der Waals surface area contributed by atoms with Crippen molar-refractivity contribution in [2.75, 3.05) is 13.2 Å². The lowest BCUT2D eigenvalue weighted by Crippen LogP contribution is -2.44. The molecule has 0 saturated carbocycles. The smallest absolute Gasteiger partial charge is 0.192 e. The van der Waals surface area contributed by atoms with Crippen LogP contribution in [0.5, 0.6) is 0 Å². The van der Waals surface area contributed by atoms with Crippen LogP contribution in [0.3, 0.4) is 0 Å². The standard InChI is InChI=1S/C19H38O4Si/c1-7-9-17(23-24(5,6)19(2,3)4)11-8-10-16(20)12-13-18-21-14-15-22-18/h17-18H,7-15H2,1-6H3/t17-/m0/s1. The van der Waals surface area contributed by atoms with Crippen LogP contribution in [-0.4, -0.2) is 39.7 Å². The highest BCUT2D eigenvalue weighted by Gasteiger charge is 2.38. The van der Waals surface area contributed by atoms with Crippen LogP contribution in [0.2, 0.25) is 18.1 Å². The van der Waals surface area contributed by atoms with Crippen molar-refractivity contribution in [3.63, 3.8) is 0 Å². The fourth-order valence-corrected chi connectivity index (χ4v) is 4.10. The van der Waals surface area contributed by atoms with Gasteiger partial charge in [0.1, 0.15) is 5.78 Å². The number of ketones is 1. The molecule has 0 aliphatic carbocycles. The van der Waals surface area contributed by atoms with Crippen molar-refractivity contribution in [2.45, 2.75) is 103 Å². The number of carbonyl (C=O) groups excluding carboxylic acids is 1. The average molecular weight is 359 g/mol. The van der Waals surface area contributed by atoms with Crippen LogP contribution in [0, 0.1) is 0 Å². The highest BCUT2D eigenvalue weighted by atomic mass is 28.4. The molecule has 0 aromatic rings. The summed E-state index contributed by atoms with van der Waals surface area (Å²) in [4.78, 5) is 12.0. The zero-order valence-corrected chi connectivity index (χ0v) is 17.7. The van der Waals surface area contributed by atoms with Crippen LogP contribution < -0.4 is 0 Å². The monoisotopic (exact) mass is 358 g/mol. The summed E-state index contributed by atoms with van der Waals surface area (Å²) in [6.45, 7) is 15.0. The van der Waals surface area contributed by atoms with Gasteiger partial charge in [-0.1, -0.05) is 34.1 Å². The Morgan fingerprint density at radius 2 is 1.79 bits per heavy atom. The lowest BCUT2D eigenvalue weighted by molar-refractivity contribution is -0.121. The van der Waals surface area contributed by atoms with Crippen molar-refractivity contribution in [2.24, 2.45) is 0 Å². The molecule has 1 fully saturated rings. The van der Waals surface area contributed by atoms with Crippen LogP contribution in [-0.2, 0) is 18.7 Å². The zero-order chi connectivity index (χ0) is 18.2. The second-order valence-corrected chi connectivity index (χ2v) is 13.2. The first-order valence-corrected chi connectivity index (χ1v) is 12.5. The number of hydrogen-bond acceptors (Lipinski definition) is 4. The number of Topliss-reactive ketones (excluding diaryl/α,β-unsaturated/α-hetero) is 1. The Balaban J connectivity index is 2.30. The first-order valence-electron chi connectivity index (χ1n) is 9.58. The number of hydrogen-bond donors (Lipinski definition) is 0. The van der Waals surface area contributed by atoms with Crippen molar-refractivity contribution in [3.8, 4) is 0 Å². The summed E-state index contributed by atoms with van der Waals surface area (Å²) in [6.07, 6.45) is 6.16. The maximum absolute atomic E-state index is 12.0. The Kier molecular flexibility index (Phi) is 9.13. The van der Waals surface area contributed by atoms with E-state index in [-0.39, 0.29) is 11.3 Å². The molecule has 1 aliphatic heterocycles. The molecule has 142 valence electrons. The van der Waals surface area contributed by atoms with E-state index in [2.05, 4.69) is 40.8 Å². The highest BCUT2D eigenvalue weighted by Crippen LogP contribution is 2.38. The second-order valence-electron chi connectivity index (χ2n) is 8.43. The van der Waals surface area contributed by atoms with Crippen LogP contribution >= 0.6 is 0 Å². The Morgan fingerprint density at radius 3 is 2.33 bits per heavy atom. The van der Waals surface area contributed by atoms with E-state index in [9.17, 15) is 4.79 Å². The molecule has 4 nitrogen and oxygen atoms in total. The van der Waals surface area contributed by atoms with E-state index in [0.717, 1.165) is 25.7 Å². The van der Waals surface area contributed by atoms with E-state index in [1.165, 1.54) is 0 Å². The molecule has 0 unspecified atom stereocenters. The van der Waals surface area contributed by atoms with Gasteiger partial charge in [0.15, 0.2) is 14.6 Å². The summed E-state index contributed by atoms with van der Waals surface area (Å²) in [7, 11) is -1.73. The van der Waals surface area contributed by atoms with E-state index >= 15 is 0 Å². The average Bonchev–Trinajstić information content (AvgIpc) is 2.97. The fraction of sp³-hybridized carbons (Fsp3) is 0.947. The molecule has 0 amide bonds. The normalized spacial score (nSPS) is 18.1. The van der Waals surface area contributed by atoms with Gasteiger partial charge in [0.05, 0.1) is 13.2 Å². The quantitative estimate of drug-likeness (QED) is 0.484. The summed E-state index contributed by atoms with van der Waals surface area (Å²) in [5.41, 5.74) is 0. The Bertz CT molecular complexity index is 370. The lowest BCUT2D eigenvalue weighted by Gasteiger charge is -2.39. The minimum atomic E-state index is -1.73. The highest BCUT2D eigenvalue weighted by molar-refractivity contribution is 6.74. The summed E-state index contributed by atoms with van der Waals surface area (Å²) in [5.74, 6) is 0.316. The molecule has 1 atom stereocenters. The van der Waals surface area contributed by atoms with Gasteiger partial charge in [-0.2, -0.15) is 0 Å². The molecule has 1 aliphatic rings. The van der Waals surface area contributed by atoms with Crippen LogP contribution in [0.4, 0.5) is 0 Å². The van der Waals surface area contributed by atoms with Gasteiger partial charge in [-0.25, -0.2) is 0 Å². The topological polar surface area (TPSA) is 44.8 Å². The van der Waals surface area contributed by atoms with Crippen molar-refractivity contribution >= 4 is 14.1 Å². The van der Waals surface area contributed by atoms with Gasteiger partial charge in [-0.15, -0.1) is 0 Å². The third-order valence-electron chi connectivity index (χ3n) is 5.21. The molecule has 1 heterocycles. The van der Waals surface area contributed by atoms with Crippen LogP contribution in [0.15, 0.2) is 0 Å². The van der Waals surface area contributed by atoms with Crippen LogP contribution in [0.25, 0.3) is 0 Å². The Labute approximate surface area is 149 Å². The first-order chi connectivity index (χ1) is 11.2. The zero-order valence-electron chi connectivity index (χ0n) is 16.7. The van der Waals surface area contributed by atoms with Gasteiger partial charge >= 0.3 is 0 Å². The van der Waals surface area contributed by atoms with Crippen molar-refractivity contribution in [1.29, 1.82) is 0 Å². The number of carbonyl (C=O) groups is 1. The maximum atomic E-state index is 12.0. The molecule has 0 spiro atoms. The van der Waals surface area contributed by atoms with E-state index in [4.69, 9.17) is 13.9 Å². The summed E-state index contributed by atoms with van der Waals surface area (Å²) in [5, 5.41) is 0.232. The largest absolute Gasteiger partial charge is 0.414 e. The minimum Gasteiger partial charge on any atom is -0.414 e. The SMILES string of the molecule is CCC[C@@H](CCCC(=O)CCC1OCCO1)O[Si](C)(C)C(C)(C)C. The summed E-state index contributed by atoms with van der Waals surface area (Å²) < 4.78 is 17.3. The predicted molar refractivity (Wildman–Crippen MR) is 101 cm³/mol. The first kappa shape index (κ1) is 21.8. The minimum absolute atomic E-state index is 0.163. The van der Waals surface area contributed by atoms with Crippen molar-refractivity contribution in [1.82, 2.24) is 0 Å². The number of rotatable bonds is 11. The molecular formula is C19H38O4Si. The second kappa shape index (κ2) is 10.0. The molecule has 0 aromatic carbocycles. The molecule has 5 heteroatoms. The number of ether oxygens (including phenoxy) is 2. The molecule has 0 N–H and O–H groups in total. The molecule has 1 rings (SSSR count). The van der Waals surface area contributed by atoms with Gasteiger partial charge in [0.2, 0.25) is 0 Å². The predicted octanol–water partition coefficient (Wildman–Crippen LogP) is 5.07. The molecule has 0 radical (unpaired) electrons. The molecule has 0 bridgehead atoms. The van der Waals surface area contributed by atoms with Crippen molar-refractivity contribution < 1.29 is 18.7 Å². The summed E-state index contributed by atoms with van der Waals surface area (Å²) >= 11 is 0. The van der Waals surface area contributed by atoms with Gasteiger partial charge in [-0.05, 0) is 37.4 Å². The van der Waals surface area contributed by atoms with E-state index in [1.54, 1.807) is 0 Å². The molecule has 0 aromatic heterocycles. The Hall–Kier alpha value is -0.233. The van der Waals surface area contributed by atoms with Gasteiger partial charge in [0, 0.05) is 25.4 Å². The van der Waals surface area contributed by atoms with Crippen LogP contribution in [0.1, 0.15) is 72.6 Å². The molecule has 24 heavy (non-hydrogen) atoms. The third kappa shape index (κ3) is 7.77.